The van der Waals surface area contributed by atoms with Crippen LogP contribution in [0.4, 0.5) is 13.2 Å². The molecule has 0 aromatic heterocycles. The minimum absolute atomic E-state index is 0.0620. The molecular formula is C17H23F3N2O. The van der Waals surface area contributed by atoms with E-state index in [2.05, 4.69) is 5.32 Å². The second-order valence-corrected chi connectivity index (χ2v) is 6.24. The van der Waals surface area contributed by atoms with Crippen molar-refractivity contribution in [2.24, 2.45) is 5.92 Å². The van der Waals surface area contributed by atoms with Crippen LogP contribution in [0.25, 0.3) is 0 Å². The van der Waals surface area contributed by atoms with Crippen molar-refractivity contribution < 1.29 is 18.0 Å². The summed E-state index contributed by atoms with van der Waals surface area (Å²) in [6, 6.07) is 5.51. The predicted octanol–water partition coefficient (Wildman–Crippen LogP) is 3.27. The summed E-state index contributed by atoms with van der Waals surface area (Å²) in [5.74, 6) is -0.0847. The van der Waals surface area contributed by atoms with E-state index in [1.165, 1.54) is 12.1 Å². The molecule has 0 spiro atoms. The monoisotopic (exact) mass is 328 g/mol. The highest BCUT2D eigenvalue weighted by molar-refractivity contribution is 5.77. The maximum absolute atomic E-state index is 13.1. The van der Waals surface area contributed by atoms with Gasteiger partial charge in [0.05, 0.1) is 5.56 Å². The number of amides is 1. The van der Waals surface area contributed by atoms with Crippen molar-refractivity contribution in [2.45, 2.75) is 31.9 Å². The van der Waals surface area contributed by atoms with E-state index < -0.39 is 17.7 Å². The van der Waals surface area contributed by atoms with Gasteiger partial charge in [0.15, 0.2) is 0 Å². The number of likely N-dealkylation sites (tertiary alicyclic amines) is 1. The lowest BCUT2D eigenvalue weighted by atomic mass is 9.92. The van der Waals surface area contributed by atoms with Crippen molar-refractivity contribution in [3.05, 3.63) is 35.4 Å². The molecule has 1 fully saturated rings. The highest BCUT2D eigenvalue weighted by Gasteiger charge is 2.35. The summed E-state index contributed by atoms with van der Waals surface area (Å²) in [6.07, 6.45) is -3.33. The van der Waals surface area contributed by atoms with Gasteiger partial charge in [-0.3, -0.25) is 4.79 Å². The van der Waals surface area contributed by atoms with Gasteiger partial charge >= 0.3 is 6.18 Å². The molecule has 2 rings (SSSR count). The largest absolute Gasteiger partial charge is 0.416 e. The Labute approximate surface area is 134 Å². The van der Waals surface area contributed by atoms with Crippen molar-refractivity contribution in [1.29, 1.82) is 0 Å². The Bertz CT molecular complexity index is 545. The molecule has 1 N–H and O–H groups in total. The maximum Gasteiger partial charge on any atom is 0.416 e. The van der Waals surface area contributed by atoms with Gasteiger partial charge in [-0.25, -0.2) is 0 Å². The van der Waals surface area contributed by atoms with Gasteiger partial charge in [-0.15, -0.1) is 0 Å². The number of rotatable bonds is 5. The van der Waals surface area contributed by atoms with Gasteiger partial charge < -0.3 is 10.2 Å². The Morgan fingerprint density at radius 2 is 2.09 bits per heavy atom. The summed E-state index contributed by atoms with van der Waals surface area (Å²) in [6.45, 7) is 3.92. The van der Waals surface area contributed by atoms with Crippen LogP contribution < -0.4 is 5.32 Å². The standard InChI is InChI=1S/C17H23F3N2O/c1-12(14-5-3-4-6-15(14)17(18,19)20)9-16(23)22-8-7-13(11-22)10-21-2/h3-6,12-13,21H,7-11H2,1-2H3/t12-,13-/m1/s1. The number of hydrogen-bond acceptors (Lipinski definition) is 2. The van der Waals surface area contributed by atoms with Crippen molar-refractivity contribution in [2.75, 3.05) is 26.7 Å². The minimum atomic E-state index is -4.39. The Morgan fingerprint density at radius 3 is 2.74 bits per heavy atom. The molecule has 1 amide bonds. The topological polar surface area (TPSA) is 32.3 Å². The summed E-state index contributed by atoms with van der Waals surface area (Å²) in [7, 11) is 1.88. The number of nitrogens with zero attached hydrogens (tertiary/aromatic N) is 1. The molecule has 0 saturated carbocycles. The van der Waals surface area contributed by atoms with Gasteiger partial charge in [-0.05, 0) is 43.5 Å². The average molecular weight is 328 g/mol. The van der Waals surface area contributed by atoms with Crippen LogP contribution in [0, 0.1) is 5.92 Å². The first-order chi connectivity index (χ1) is 10.8. The molecule has 1 heterocycles. The Hall–Kier alpha value is -1.56. The molecule has 23 heavy (non-hydrogen) atoms. The van der Waals surface area contributed by atoms with Crippen molar-refractivity contribution in [1.82, 2.24) is 10.2 Å². The zero-order valence-corrected chi connectivity index (χ0v) is 13.5. The maximum atomic E-state index is 13.1. The molecule has 2 atom stereocenters. The highest BCUT2D eigenvalue weighted by Crippen LogP contribution is 2.36. The first-order valence-electron chi connectivity index (χ1n) is 7.91. The van der Waals surface area contributed by atoms with Crippen molar-refractivity contribution >= 4 is 5.91 Å². The highest BCUT2D eigenvalue weighted by atomic mass is 19.4. The summed E-state index contributed by atoms with van der Waals surface area (Å²) >= 11 is 0. The second-order valence-electron chi connectivity index (χ2n) is 6.24. The van der Waals surface area contributed by atoms with Gasteiger partial charge in [0.1, 0.15) is 0 Å². The van der Waals surface area contributed by atoms with Gasteiger partial charge in [-0.1, -0.05) is 25.1 Å². The molecule has 128 valence electrons. The van der Waals surface area contributed by atoms with E-state index in [1.54, 1.807) is 17.9 Å². The van der Waals surface area contributed by atoms with Crippen molar-refractivity contribution in [3.8, 4) is 0 Å². The lowest BCUT2D eigenvalue weighted by molar-refractivity contribution is -0.139. The second kappa shape index (κ2) is 7.34. The van der Waals surface area contributed by atoms with Gasteiger partial charge in [0, 0.05) is 19.5 Å². The third-order valence-corrected chi connectivity index (χ3v) is 4.41. The summed E-state index contributed by atoms with van der Waals surface area (Å²) in [4.78, 5) is 14.1. The quantitative estimate of drug-likeness (QED) is 0.900. The first-order valence-corrected chi connectivity index (χ1v) is 7.91. The molecule has 1 aliphatic heterocycles. The van der Waals surface area contributed by atoms with E-state index in [1.807, 2.05) is 7.05 Å². The summed E-state index contributed by atoms with van der Waals surface area (Å²) in [5, 5.41) is 3.10. The van der Waals surface area contributed by atoms with E-state index in [0.29, 0.717) is 19.0 Å². The number of carbonyl (C=O) groups excluding carboxylic acids is 1. The van der Waals surface area contributed by atoms with E-state index in [0.717, 1.165) is 19.0 Å². The minimum Gasteiger partial charge on any atom is -0.342 e. The summed E-state index contributed by atoms with van der Waals surface area (Å²) in [5.41, 5.74) is -0.450. The van der Waals surface area contributed by atoms with Crippen LogP contribution in [0.5, 0.6) is 0 Å². The van der Waals surface area contributed by atoms with E-state index in [9.17, 15) is 18.0 Å². The number of hydrogen-bond donors (Lipinski definition) is 1. The predicted molar refractivity (Wildman–Crippen MR) is 83.1 cm³/mol. The molecule has 0 radical (unpaired) electrons. The van der Waals surface area contributed by atoms with Crippen LogP contribution in [0.1, 0.15) is 36.8 Å². The average Bonchev–Trinajstić information content (AvgIpc) is 2.95. The van der Waals surface area contributed by atoms with Gasteiger partial charge in [0.2, 0.25) is 5.91 Å². The smallest absolute Gasteiger partial charge is 0.342 e. The number of nitrogens with one attached hydrogen (secondary N) is 1. The Kier molecular flexibility index (Phi) is 5.68. The van der Waals surface area contributed by atoms with Gasteiger partial charge in [0.25, 0.3) is 0 Å². The lowest BCUT2D eigenvalue weighted by Crippen LogP contribution is -2.31. The van der Waals surface area contributed by atoms with Crippen molar-refractivity contribution in [3.63, 3.8) is 0 Å². The van der Waals surface area contributed by atoms with Crippen LogP contribution in [0.15, 0.2) is 24.3 Å². The number of benzene rings is 1. The fraction of sp³-hybridized carbons (Fsp3) is 0.588. The molecule has 1 aliphatic rings. The summed E-state index contributed by atoms with van der Waals surface area (Å²) < 4.78 is 39.2. The third kappa shape index (κ3) is 4.47. The fourth-order valence-corrected chi connectivity index (χ4v) is 3.20. The molecule has 0 unspecified atom stereocenters. The lowest BCUT2D eigenvalue weighted by Gasteiger charge is -2.21. The Balaban J connectivity index is 2.03. The van der Waals surface area contributed by atoms with Gasteiger partial charge in [-0.2, -0.15) is 13.2 Å². The third-order valence-electron chi connectivity index (χ3n) is 4.41. The molecular weight excluding hydrogens is 305 g/mol. The van der Waals surface area contributed by atoms with E-state index >= 15 is 0 Å². The normalized spacial score (nSPS) is 19.9. The van der Waals surface area contributed by atoms with Crippen LogP contribution in [-0.2, 0) is 11.0 Å². The molecule has 1 aromatic rings. The molecule has 6 heteroatoms. The van der Waals surface area contributed by atoms with E-state index in [4.69, 9.17) is 0 Å². The van der Waals surface area contributed by atoms with Crippen LogP contribution in [0.3, 0.4) is 0 Å². The molecule has 0 aliphatic carbocycles. The zero-order chi connectivity index (χ0) is 17.0. The number of halogens is 3. The molecule has 3 nitrogen and oxygen atoms in total. The SMILES string of the molecule is CNC[C@H]1CCN(C(=O)C[C@@H](C)c2ccccc2C(F)(F)F)C1. The zero-order valence-electron chi connectivity index (χ0n) is 13.5. The first kappa shape index (κ1) is 17.8. The van der Waals surface area contributed by atoms with Crippen LogP contribution in [0.2, 0.25) is 0 Å². The fourth-order valence-electron chi connectivity index (χ4n) is 3.20. The van der Waals surface area contributed by atoms with E-state index in [-0.39, 0.29) is 17.9 Å². The molecule has 1 saturated heterocycles. The number of alkyl halides is 3. The molecule has 1 aromatic carbocycles. The number of carbonyl (C=O) groups is 1. The van der Waals surface area contributed by atoms with Crippen LogP contribution in [-0.4, -0.2) is 37.5 Å². The van der Waals surface area contributed by atoms with Crippen LogP contribution >= 0.6 is 0 Å². The Morgan fingerprint density at radius 1 is 1.39 bits per heavy atom. The molecule has 0 bridgehead atoms.